The van der Waals surface area contributed by atoms with Crippen molar-refractivity contribution in [2.24, 2.45) is 0 Å². The van der Waals surface area contributed by atoms with E-state index in [1.807, 2.05) is 68.5 Å². The van der Waals surface area contributed by atoms with Crippen LogP contribution in [0.1, 0.15) is 46.5 Å². The normalized spacial score (nSPS) is 14.3. The molecule has 30 heavy (non-hydrogen) atoms. The number of benzene rings is 2. The van der Waals surface area contributed by atoms with Gasteiger partial charge in [0.2, 0.25) is 5.91 Å². The molecule has 6 heteroatoms. The third kappa shape index (κ3) is 4.49. The lowest BCUT2D eigenvalue weighted by Gasteiger charge is -2.18. The van der Waals surface area contributed by atoms with Crippen LogP contribution in [0.3, 0.4) is 0 Å². The number of amides is 1. The van der Waals surface area contributed by atoms with Crippen molar-refractivity contribution >= 4 is 23.4 Å². The highest BCUT2D eigenvalue weighted by Crippen LogP contribution is 2.42. The molecule has 4 rings (SSSR count). The number of aryl methyl sites for hydroxylation is 2. The number of aromatic nitrogens is 3. The van der Waals surface area contributed by atoms with E-state index in [4.69, 9.17) is 0 Å². The van der Waals surface area contributed by atoms with E-state index in [9.17, 15) is 4.79 Å². The summed E-state index contributed by atoms with van der Waals surface area (Å²) in [7, 11) is 0. The number of hydrogen-bond donors (Lipinski definition) is 1. The third-order valence-corrected chi connectivity index (χ3v) is 6.45. The van der Waals surface area contributed by atoms with Gasteiger partial charge in [-0.25, -0.2) is 0 Å². The SMILES string of the molecule is C=CCn1c(SC(C(=O)Nc2cc(C)ccc2C)c2ccccc2)nnc1C1CC1. The fourth-order valence-electron chi connectivity index (χ4n) is 3.41. The Morgan fingerprint density at radius 1 is 1.23 bits per heavy atom. The molecule has 1 atom stereocenters. The van der Waals surface area contributed by atoms with Crippen molar-refractivity contribution in [1.82, 2.24) is 14.8 Å². The molecule has 5 nitrogen and oxygen atoms in total. The summed E-state index contributed by atoms with van der Waals surface area (Å²) >= 11 is 1.44. The van der Waals surface area contributed by atoms with Gasteiger partial charge in [0.05, 0.1) is 0 Å². The van der Waals surface area contributed by atoms with Crippen molar-refractivity contribution in [3.8, 4) is 0 Å². The van der Waals surface area contributed by atoms with Gasteiger partial charge < -0.3 is 9.88 Å². The molecule has 1 amide bonds. The van der Waals surface area contributed by atoms with Gasteiger partial charge in [0.15, 0.2) is 5.16 Å². The number of rotatable bonds is 8. The Hall–Kier alpha value is -2.86. The van der Waals surface area contributed by atoms with Gasteiger partial charge in [-0.3, -0.25) is 4.79 Å². The molecule has 0 bridgehead atoms. The molecule has 1 aliphatic carbocycles. The van der Waals surface area contributed by atoms with Crippen LogP contribution in [0.5, 0.6) is 0 Å². The van der Waals surface area contributed by atoms with Gasteiger partial charge in [0, 0.05) is 18.2 Å². The molecule has 0 spiro atoms. The number of carbonyl (C=O) groups is 1. The number of thioether (sulfide) groups is 1. The molecule has 0 saturated heterocycles. The lowest BCUT2D eigenvalue weighted by atomic mass is 10.1. The zero-order valence-electron chi connectivity index (χ0n) is 17.3. The molecule has 0 radical (unpaired) electrons. The summed E-state index contributed by atoms with van der Waals surface area (Å²) in [5.41, 5.74) is 3.93. The predicted molar refractivity (Wildman–Crippen MR) is 122 cm³/mol. The van der Waals surface area contributed by atoms with E-state index in [2.05, 4.69) is 26.7 Å². The van der Waals surface area contributed by atoms with E-state index in [-0.39, 0.29) is 5.91 Å². The molecule has 1 aliphatic rings. The van der Waals surface area contributed by atoms with Gasteiger partial charge in [-0.15, -0.1) is 16.8 Å². The van der Waals surface area contributed by atoms with Gasteiger partial charge >= 0.3 is 0 Å². The van der Waals surface area contributed by atoms with Gasteiger partial charge in [0.25, 0.3) is 0 Å². The van der Waals surface area contributed by atoms with Crippen LogP contribution in [-0.4, -0.2) is 20.7 Å². The summed E-state index contributed by atoms with van der Waals surface area (Å²) in [5, 5.41) is 12.3. The Bertz CT molecular complexity index is 1060. The van der Waals surface area contributed by atoms with E-state index in [1.54, 1.807) is 0 Å². The Morgan fingerprint density at radius 2 is 2.00 bits per heavy atom. The predicted octanol–water partition coefficient (Wildman–Crippen LogP) is 5.43. The summed E-state index contributed by atoms with van der Waals surface area (Å²) in [6.07, 6.45) is 4.15. The van der Waals surface area contributed by atoms with E-state index < -0.39 is 5.25 Å². The number of hydrogen-bond acceptors (Lipinski definition) is 4. The maximum absolute atomic E-state index is 13.4. The topological polar surface area (TPSA) is 59.8 Å². The highest BCUT2D eigenvalue weighted by molar-refractivity contribution is 8.00. The fourth-order valence-corrected chi connectivity index (χ4v) is 4.46. The van der Waals surface area contributed by atoms with Crippen LogP contribution in [-0.2, 0) is 11.3 Å². The average molecular weight is 419 g/mol. The second-order valence-corrected chi connectivity index (χ2v) is 8.80. The second kappa shape index (κ2) is 8.88. The lowest BCUT2D eigenvalue weighted by molar-refractivity contribution is -0.115. The smallest absolute Gasteiger partial charge is 0.242 e. The maximum atomic E-state index is 13.4. The zero-order valence-corrected chi connectivity index (χ0v) is 18.2. The van der Waals surface area contributed by atoms with Crippen molar-refractivity contribution in [3.63, 3.8) is 0 Å². The van der Waals surface area contributed by atoms with Crippen molar-refractivity contribution in [1.29, 1.82) is 0 Å². The molecule has 2 aromatic carbocycles. The van der Waals surface area contributed by atoms with Gasteiger partial charge in [-0.1, -0.05) is 60.3 Å². The highest BCUT2D eigenvalue weighted by atomic mass is 32.2. The number of anilines is 1. The average Bonchev–Trinajstić information content (AvgIpc) is 3.51. The largest absolute Gasteiger partial charge is 0.325 e. The Balaban J connectivity index is 1.65. The van der Waals surface area contributed by atoms with Gasteiger partial charge in [-0.05, 0) is 49.4 Å². The van der Waals surface area contributed by atoms with Crippen molar-refractivity contribution < 1.29 is 4.79 Å². The van der Waals surface area contributed by atoms with Crippen LogP contribution in [0.2, 0.25) is 0 Å². The second-order valence-electron chi connectivity index (χ2n) is 7.73. The molecular formula is C24H26N4OS. The first-order valence-electron chi connectivity index (χ1n) is 10.2. The van der Waals surface area contributed by atoms with Crippen molar-refractivity contribution in [2.45, 2.75) is 49.6 Å². The van der Waals surface area contributed by atoms with Crippen LogP contribution in [0.15, 0.2) is 66.3 Å². The molecule has 3 aromatic rings. The van der Waals surface area contributed by atoms with Crippen LogP contribution in [0.4, 0.5) is 5.69 Å². The molecule has 1 saturated carbocycles. The molecule has 0 aliphatic heterocycles. The minimum Gasteiger partial charge on any atom is -0.325 e. The van der Waals surface area contributed by atoms with Crippen LogP contribution < -0.4 is 5.32 Å². The first kappa shape index (κ1) is 20.4. The standard InChI is InChI=1S/C24H26N4OS/c1-4-14-28-22(19-12-13-19)26-27-24(28)30-21(18-8-6-5-7-9-18)23(29)25-20-15-16(2)10-11-17(20)3/h4-11,15,19,21H,1,12-14H2,2-3H3,(H,25,29). The van der Waals surface area contributed by atoms with Crippen LogP contribution in [0.25, 0.3) is 0 Å². The molecule has 1 fully saturated rings. The fraction of sp³-hybridized carbons (Fsp3) is 0.292. The molecule has 1 aromatic heterocycles. The molecule has 1 N–H and O–H groups in total. The quantitative estimate of drug-likeness (QED) is 0.391. The maximum Gasteiger partial charge on any atom is 0.242 e. The van der Waals surface area contributed by atoms with Crippen LogP contribution >= 0.6 is 11.8 Å². The number of nitrogens with one attached hydrogen (secondary N) is 1. The summed E-state index contributed by atoms with van der Waals surface area (Å²) in [6.45, 7) is 8.54. The zero-order chi connectivity index (χ0) is 21.1. The molecular weight excluding hydrogens is 392 g/mol. The minimum atomic E-state index is -0.439. The van der Waals surface area contributed by atoms with Crippen molar-refractivity contribution in [3.05, 3.63) is 83.7 Å². The Morgan fingerprint density at radius 3 is 2.70 bits per heavy atom. The number of nitrogens with zero attached hydrogens (tertiary/aromatic N) is 3. The van der Waals surface area contributed by atoms with Gasteiger partial charge in [0.1, 0.15) is 11.1 Å². The first-order chi connectivity index (χ1) is 14.6. The first-order valence-corrected chi connectivity index (χ1v) is 11.1. The Labute approximate surface area is 181 Å². The summed E-state index contributed by atoms with van der Waals surface area (Å²) in [5.74, 6) is 1.41. The molecule has 1 heterocycles. The van der Waals surface area contributed by atoms with E-state index in [0.29, 0.717) is 12.5 Å². The summed E-state index contributed by atoms with van der Waals surface area (Å²) in [6, 6.07) is 15.9. The highest BCUT2D eigenvalue weighted by Gasteiger charge is 2.32. The monoisotopic (exact) mass is 418 g/mol. The minimum absolute atomic E-state index is 0.0685. The van der Waals surface area contributed by atoms with Gasteiger partial charge in [-0.2, -0.15) is 0 Å². The molecule has 154 valence electrons. The Kier molecular flexibility index (Phi) is 6.04. The number of carbonyl (C=O) groups excluding carboxylic acids is 1. The lowest BCUT2D eigenvalue weighted by Crippen LogP contribution is -2.20. The molecule has 1 unspecified atom stereocenters. The van der Waals surface area contributed by atoms with E-state index >= 15 is 0 Å². The van der Waals surface area contributed by atoms with E-state index in [0.717, 1.165) is 46.2 Å². The summed E-state index contributed by atoms with van der Waals surface area (Å²) < 4.78 is 2.09. The van der Waals surface area contributed by atoms with Crippen LogP contribution in [0, 0.1) is 13.8 Å². The third-order valence-electron chi connectivity index (χ3n) is 5.21. The van der Waals surface area contributed by atoms with E-state index in [1.165, 1.54) is 11.8 Å². The summed E-state index contributed by atoms with van der Waals surface area (Å²) in [4.78, 5) is 13.4. The van der Waals surface area contributed by atoms with Crippen molar-refractivity contribution in [2.75, 3.05) is 5.32 Å². The number of allylic oxidation sites excluding steroid dienone is 1.